The molecule has 26 heavy (non-hydrogen) atoms. The highest BCUT2D eigenvalue weighted by atomic mass is 19.4. The normalized spacial score (nSPS) is 20.6. The fraction of sp³-hybridized carbons (Fsp3) is 0.333. The number of amides is 1. The zero-order chi connectivity index (χ0) is 18.7. The molecule has 1 amide bonds. The highest BCUT2D eigenvalue weighted by Gasteiger charge is 2.37. The number of aromatic nitrogens is 1. The van der Waals surface area contributed by atoms with Crippen molar-refractivity contribution in [3.8, 4) is 0 Å². The smallest absolute Gasteiger partial charge is 0.347 e. The number of piperidine rings is 1. The number of halogens is 4. The quantitative estimate of drug-likeness (QED) is 0.820. The number of nitrogens with zero attached hydrogens (tertiary/aromatic N) is 1. The summed E-state index contributed by atoms with van der Waals surface area (Å²) in [5.74, 6) is -1.41. The molecular formula is C18H17F4N3O. The lowest BCUT2D eigenvalue weighted by molar-refractivity contribution is -0.138. The molecular weight excluding hydrogens is 350 g/mol. The number of rotatable bonds is 3. The van der Waals surface area contributed by atoms with Crippen molar-refractivity contribution in [2.45, 2.75) is 24.6 Å². The van der Waals surface area contributed by atoms with E-state index in [9.17, 15) is 22.4 Å². The second-order valence-corrected chi connectivity index (χ2v) is 6.13. The maximum atomic E-state index is 13.1. The van der Waals surface area contributed by atoms with Gasteiger partial charge >= 0.3 is 6.18 Å². The minimum absolute atomic E-state index is 0.175. The molecule has 1 aromatic heterocycles. The van der Waals surface area contributed by atoms with Crippen molar-refractivity contribution in [1.29, 1.82) is 0 Å². The first-order chi connectivity index (χ1) is 12.4. The van der Waals surface area contributed by atoms with E-state index in [1.54, 1.807) is 12.1 Å². The van der Waals surface area contributed by atoms with Crippen LogP contribution in [0.2, 0.25) is 0 Å². The average molecular weight is 367 g/mol. The van der Waals surface area contributed by atoms with Crippen LogP contribution in [-0.2, 0) is 6.18 Å². The summed E-state index contributed by atoms with van der Waals surface area (Å²) < 4.78 is 52.4. The topological polar surface area (TPSA) is 54.0 Å². The molecule has 0 unspecified atom stereocenters. The Kier molecular flexibility index (Phi) is 5.22. The number of hydrogen-bond donors (Lipinski definition) is 2. The summed E-state index contributed by atoms with van der Waals surface area (Å²) >= 11 is 0. The third-order valence-corrected chi connectivity index (χ3v) is 4.42. The van der Waals surface area contributed by atoms with E-state index in [0.717, 1.165) is 23.9 Å². The van der Waals surface area contributed by atoms with Crippen LogP contribution in [0.3, 0.4) is 0 Å². The maximum absolute atomic E-state index is 13.1. The number of pyridine rings is 1. The van der Waals surface area contributed by atoms with Crippen molar-refractivity contribution in [3.63, 3.8) is 0 Å². The molecule has 0 spiro atoms. The molecule has 0 radical (unpaired) electrons. The fourth-order valence-corrected chi connectivity index (χ4v) is 3.14. The summed E-state index contributed by atoms with van der Waals surface area (Å²) in [5.41, 5.74) is -0.901. The molecule has 3 rings (SSSR count). The molecule has 1 fully saturated rings. The van der Waals surface area contributed by atoms with Gasteiger partial charge in [-0.3, -0.25) is 9.78 Å². The Morgan fingerprint density at radius 3 is 2.62 bits per heavy atom. The Labute approximate surface area is 147 Å². The largest absolute Gasteiger partial charge is 0.418 e. The van der Waals surface area contributed by atoms with Crippen molar-refractivity contribution in [2.24, 2.45) is 0 Å². The van der Waals surface area contributed by atoms with Gasteiger partial charge in [0.2, 0.25) is 0 Å². The molecule has 2 heterocycles. The zero-order valence-corrected chi connectivity index (χ0v) is 13.7. The number of benzene rings is 1. The number of carbonyl (C=O) groups excluding carboxylic acids is 1. The maximum Gasteiger partial charge on any atom is 0.418 e. The molecule has 1 saturated heterocycles. The second kappa shape index (κ2) is 7.41. The predicted octanol–water partition coefficient (Wildman–Crippen LogP) is 3.12. The molecule has 1 aliphatic heterocycles. The SMILES string of the molecule is O=C(N[C@@H]1CCNC[C@@H]1c1ccc(F)cc1)c1ncccc1C(F)(F)F. The Morgan fingerprint density at radius 1 is 1.19 bits per heavy atom. The summed E-state index contributed by atoms with van der Waals surface area (Å²) in [5, 5.41) is 5.86. The van der Waals surface area contributed by atoms with Gasteiger partial charge in [-0.2, -0.15) is 13.2 Å². The van der Waals surface area contributed by atoms with Crippen LogP contribution in [0.4, 0.5) is 17.6 Å². The van der Waals surface area contributed by atoms with Gasteiger partial charge in [-0.1, -0.05) is 12.1 Å². The van der Waals surface area contributed by atoms with E-state index in [1.165, 1.54) is 12.1 Å². The van der Waals surface area contributed by atoms with Gasteiger partial charge in [-0.25, -0.2) is 4.39 Å². The van der Waals surface area contributed by atoms with Crippen LogP contribution in [-0.4, -0.2) is 30.0 Å². The van der Waals surface area contributed by atoms with E-state index < -0.39 is 23.3 Å². The van der Waals surface area contributed by atoms with Crippen LogP contribution in [0.5, 0.6) is 0 Å². The van der Waals surface area contributed by atoms with Gasteiger partial charge in [0.1, 0.15) is 11.5 Å². The lowest BCUT2D eigenvalue weighted by Crippen LogP contribution is -2.48. The first-order valence-electron chi connectivity index (χ1n) is 8.15. The Bertz CT molecular complexity index is 777. The van der Waals surface area contributed by atoms with E-state index in [2.05, 4.69) is 15.6 Å². The van der Waals surface area contributed by atoms with E-state index in [1.807, 2.05) is 0 Å². The standard InChI is InChI=1S/C18H17F4N3O/c19-12-5-3-11(4-6-12)13-10-23-9-7-15(13)25-17(26)16-14(18(20,21)22)2-1-8-24-16/h1-6,8,13,15,23H,7,9-10H2,(H,25,26)/t13-,15-/m1/s1. The van der Waals surface area contributed by atoms with Crippen LogP contribution in [0, 0.1) is 5.82 Å². The van der Waals surface area contributed by atoms with Crippen LogP contribution in [0.25, 0.3) is 0 Å². The van der Waals surface area contributed by atoms with Gasteiger partial charge in [0.05, 0.1) is 5.56 Å². The summed E-state index contributed by atoms with van der Waals surface area (Å²) in [6.45, 7) is 1.15. The molecule has 8 heteroatoms. The van der Waals surface area contributed by atoms with Gasteiger partial charge in [0.25, 0.3) is 5.91 Å². The molecule has 2 aromatic rings. The molecule has 4 nitrogen and oxygen atoms in total. The first-order valence-corrected chi connectivity index (χ1v) is 8.15. The van der Waals surface area contributed by atoms with Crippen molar-refractivity contribution >= 4 is 5.91 Å². The molecule has 0 aliphatic carbocycles. The molecule has 2 N–H and O–H groups in total. The van der Waals surface area contributed by atoms with Crippen LogP contribution < -0.4 is 10.6 Å². The number of carbonyl (C=O) groups is 1. The predicted molar refractivity (Wildman–Crippen MR) is 87.1 cm³/mol. The highest BCUT2D eigenvalue weighted by molar-refractivity contribution is 5.94. The minimum atomic E-state index is -4.66. The molecule has 0 bridgehead atoms. The van der Waals surface area contributed by atoms with Crippen molar-refractivity contribution < 1.29 is 22.4 Å². The summed E-state index contributed by atoms with van der Waals surface area (Å²) in [6, 6.07) is 7.49. The Balaban J connectivity index is 1.82. The van der Waals surface area contributed by atoms with Crippen molar-refractivity contribution in [3.05, 3.63) is 65.2 Å². The summed E-state index contributed by atoms with van der Waals surface area (Å²) in [6.07, 6.45) is -2.96. The van der Waals surface area contributed by atoms with Crippen LogP contribution >= 0.6 is 0 Å². The van der Waals surface area contributed by atoms with Crippen LogP contribution in [0.1, 0.15) is 34.0 Å². The summed E-state index contributed by atoms with van der Waals surface area (Å²) in [7, 11) is 0. The van der Waals surface area contributed by atoms with Gasteiger partial charge in [0, 0.05) is 24.7 Å². The first kappa shape index (κ1) is 18.3. The Morgan fingerprint density at radius 2 is 1.92 bits per heavy atom. The van der Waals surface area contributed by atoms with Crippen molar-refractivity contribution in [2.75, 3.05) is 13.1 Å². The fourth-order valence-electron chi connectivity index (χ4n) is 3.14. The average Bonchev–Trinajstić information content (AvgIpc) is 2.62. The monoisotopic (exact) mass is 367 g/mol. The van der Waals surface area contributed by atoms with Crippen LogP contribution in [0.15, 0.2) is 42.6 Å². The van der Waals surface area contributed by atoms with E-state index in [0.29, 0.717) is 19.5 Å². The second-order valence-electron chi connectivity index (χ2n) is 6.13. The number of hydrogen-bond acceptors (Lipinski definition) is 3. The third kappa shape index (κ3) is 4.01. The van der Waals surface area contributed by atoms with Crippen molar-refractivity contribution in [1.82, 2.24) is 15.6 Å². The van der Waals surface area contributed by atoms with Gasteiger partial charge in [0.15, 0.2) is 0 Å². The van der Waals surface area contributed by atoms with Gasteiger partial charge < -0.3 is 10.6 Å². The molecule has 0 saturated carbocycles. The summed E-state index contributed by atoms with van der Waals surface area (Å²) in [4.78, 5) is 16.1. The zero-order valence-electron chi connectivity index (χ0n) is 13.7. The lowest BCUT2D eigenvalue weighted by atomic mass is 9.86. The number of nitrogens with one attached hydrogen (secondary N) is 2. The number of alkyl halides is 3. The van der Waals surface area contributed by atoms with E-state index in [-0.39, 0.29) is 17.8 Å². The molecule has 2 atom stereocenters. The minimum Gasteiger partial charge on any atom is -0.347 e. The third-order valence-electron chi connectivity index (χ3n) is 4.42. The molecule has 1 aromatic carbocycles. The van der Waals surface area contributed by atoms with E-state index in [4.69, 9.17) is 0 Å². The van der Waals surface area contributed by atoms with E-state index >= 15 is 0 Å². The molecule has 138 valence electrons. The Hall–Kier alpha value is -2.48. The highest BCUT2D eigenvalue weighted by Crippen LogP contribution is 2.31. The lowest BCUT2D eigenvalue weighted by Gasteiger charge is -2.33. The van der Waals surface area contributed by atoms with Gasteiger partial charge in [-0.15, -0.1) is 0 Å². The molecule has 1 aliphatic rings. The van der Waals surface area contributed by atoms with Gasteiger partial charge in [-0.05, 0) is 42.8 Å².